The average molecular weight is 217 g/mol. The minimum absolute atomic E-state index is 0.171. The van der Waals surface area contributed by atoms with Crippen LogP contribution in [0.4, 0.5) is 5.69 Å². The minimum atomic E-state index is -0.241. The molecule has 0 radical (unpaired) electrons. The number of methoxy groups -OCH3 is 1. The van der Waals surface area contributed by atoms with Gasteiger partial charge in [-0.15, -0.1) is 0 Å². The summed E-state index contributed by atoms with van der Waals surface area (Å²) < 4.78 is 5.28. The molecule has 84 valence electrons. The van der Waals surface area contributed by atoms with Crippen LogP contribution in [0.15, 0.2) is 12.1 Å². The van der Waals surface area contributed by atoms with Gasteiger partial charge >= 0.3 is 0 Å². The summed E-state index contributed by atoms with van der Waals surface area (Å²) in [5, 5.41) is 3.02. The zero-order valence-corrected chi connectivity index (χ0v) is 9.59. The Balaban J connectivity index is 2.20. The zero-order valence-electron chi connectivity index (χ0n) is 9.59. The number of aryl methyl sites for hydroxylation is 1. The first-order valence-corrected chi connectivity index (χ1v) is 5.68. The molecule has 1 spiro atoms. The van der Waals surface area contributed by atoms with E-state index in [0.717, 1.165) is 41.8 Å². The average Bonchev–Trinajstić information content (AvgIpc) is 2.50. The van der Waals surface area contributed by atoms with E-state index in [0.29, 0.717) is 0 Å². The summed E-state index contributed by atoms with van der Waals surface area (Å²) in [7, 11) is 1.67. The molecule has 0 aromatic heterocycles. The second kappa shape index (κ2) is 3.00. The maximum Gasteiger partial charge on any atom is 0.235 e. The largest absolute Gasteiger partial charge is 0.497 e. The number of carbonyl (C=O) groups is 1. The van der Waals surface area contributed by atoms with Gasteiger partial charge in [-0.3, -0.25) is 4.79 Å². The smallest absolute Gasteiger partial charge is 0.235 e. The fourth-order valence-corrected chi connectivity index (χ4v) is 2.80. The predicted molar refractivity (Wildman–Crippen MR) is 61.9 cm³/mol. The van der Waals surface area contributed by atoms with E-state index in [2.05, 4.69) is 5.32 Å². The maximum atomic E-state index is 12.0. The van der Waals surface area contributed by atoms with Crippen LogP contribution in [0.25, 0.3) is 0 Å². The van der Waals surface area contributed by atoms with Gasteiger partial charge in [-0.2, -0.15) is 0 Å². The molecule has 1 fully saturated rings. The third-order valence-corrected chi connectivity index (χ3v) is 3.94. The van der Waals surface area contributed by atoms with Crippen LogP contribution in [-0.2, 0) is 10.2 Å². The van der Waals surface area contributed by atoms with Crippen molar-refractivity contribution in [3.63, 3.8) is 0 Å². The van der Waals surface area contributed by atoms with E-state index in [-0.39, 0.29) is 11.3 Å². The molecule has 1 N–H and O–H groups in total. The van der Waals surface area contributed by atoms with Crippen LogP contribution < -0.4 is 10.1 Å². The highest BCUT2D eigenvalue weighted by Crippen LogP contribution is 2.52. The lowest BCUT2D eigenvalue weighted by Crippen LogP contribution is -2.40. The van der Waals surface area contributed by atoms with Crippen LogP contribution in [0.3, 0.4) is 0 Å². The monoisotopic (exact) mass is 217 g/mol. The first kappa shape index (κ1) is 9.70. The Morgan fingerprint density at radius 3 is 2.69 bits per heavy atom. The van der Waals surface area contributed by atoms with Gasteiger partial charge in [0.25, 0.3) is 0 Å². The first-order chi connectivity index (χ1) is 7.67. The quantitative estimate of drug-likeness (QED) is 0.784. The maximum absolute atomic E-state index is 12.0. The zero-order chi connectivity index (χ0) is 11.3. The predicted octanol–water partition coefficient (Wildman–Crippen LogP) is 2.38. The molecule has 1 amide bonds. The molecule has 2 aliphatic rings. The van der Waals surface area contributed by atoms with Gasteiger partial charge in [0.1, 0.15) is 5.75 Å². The highest BCUT2D eigenvalue weighted by molar-refractivity contribution is 6.07. The molecule has 0 unspecified atom stereocenters. The summed E-state index contributed by atoms with van der Waals surface area (Å²) in [5.74, 6) is 1.02. The molecular formula is C13H15NO2. The van der Waals surface area contributed by atoms with Gasteiger partial charge in [-0.05, 0) is 43.0 Å². The summed E-state index contributed by atoms with van der Waals surface area (Å²) in [5.41, 5.74) is 2.99. The molecule has 1 saturated carbocycles. The lowest BCUT2D eigenvalue weighted by molar-refractivity contribution is -0.123. The van der Waals surface area contributed by atoms with E-state index in [1.165, 1.54) is 0 Å². The topological polar surface area (TPSA) is 38.3 Å². The van der Waals surface area contributed by atoms with E-state index in [1.807, 2.05) is 19.1 Å². The van der Waals surface area contributed by atoms with Crippen molar-refractivity contribution in [3.8, 4) is 5.75 Å². The second-order valence-corrected chi connectivity index (χ2v) is 4.76. The summed E-state index contributed by atoms with van der Waals surface area (Å²) in [6.07, 6.45) is 3.08. The van der Waals surface area contributed by atoms with E-state index < -0.39 is 0 Å². The number of fused-ring (bicyclic) bond motifs is 2. The SMILES string of the molecule is COc1cc(C)c2c(c1)C1(CCC1)C(=O)N2. The van der Waals surface area contributed by atoms with E-state index in [4.69, 9.17) is 4.74 Å². The number of ether oxygens (including phenoxy) is 1. The molecular weight excluding hydrogens is 202 g/mol. The third kappa shape index (κ3) is 1.01. The van der Waals surface area contributed by atoms with E-state index in [9.17, 15) is 4.79 Å². The molecule has 3 rings (SSSR count). The third-order valence-electron chi connectivity index (χ3n) is 3.94. The normalized spacial score (nSPS) is 20.2. The second-order valence-electron chi connectivity index (χ2n) is 4.76. The van der Waals surface area contributed by atoms with Gasteiger partial charge in [-0.1, -0.05) is 6.42 Å². The number of hydrogen-bond acceptors (Lipinski definition) is 2. The minimum Gasteiger partial charge on any atom is -0.497 e. The van der Waals surface area contributed by atoms with Gasteiger partial charge in [-0.25, -0.2) is 0 Å². The number of anilines is 1. The van der Waals surface area contributed by atoms with Crippen LogP contribution in [0.1, 0.15) is 30.4 Å². The van der Waals surface area contributed by atoms with Crippen LogP contribution in [0.2, 0.25) is 0 Å². The number of nitrogens with one attached hydrogen (secondary N) is 1. The van der Waals surface area contributed by atoms with Crippen molar-refractivity contribution in [2.45, 2.75) is 31.6 Å². The summed E-state index contributed by atoms with van der Waals surface area (Å²) >= 11 is 0. The lowest BCUT2D eigenvalue weighted by atomic mass is 9.65. The van der Waals surface area contributed by atoms with Crippen LogP contribution in [0.5, 0.6) is 5.75 Å². The standard InChI is InChI=1S/C13H15NO2/c1-8-6-9(16-2)7-10-11(8)14-12(15)13(10)4-3-5-13/h6-7H,3-5H2,1-2H3,(H,14,15). The molecule has 1 aromatic carbocycles. The number of hydrogen-bond donors (Lipinski definition) is 1. The molecule has 0 atom stereocenters. The summed E-state index contributed by atoms with van der Waals surface area (Å²) in [6.45, 7) is 2.01. The molecule has 1 aromatic rings. The molecule has 0 bridgehead atoms. The van der Waals surface area contributed by atoms with Gasteiger partial charge in [0, 0.05) is 5.69 Å². The van der Waals surface area contributed by atoms with Crippen molar-refractivity contribution in [2.75, 3.05) is 12.4 Å². The molecule has 1 aliphatic heterocycles. The Bertz CT molecular complexity index is 475. The Kier molecular flexibility index (Phi) is 1.82. The molecule has 3 nitrogen and oxygen atoms in total. The molecule has 1 aliphatic carbocycles. The highest BCUT2D eigenvalue weighted by atomic mass is 16.5. The van der Waals surface area contributed by atoms with Gasteiger partial charge < -0.3 is 10.1 Å². The highest BCUT2D eigenvalue weighted by Gasteiger charge is 2.51. The van der Waals surface area contributed by atoms with Crippen LogP contribution >= 0.6 is 0 Å². The van der Waals surface area contributed by atoms with Gasteiger partial charge in [0.2, 0.25) is 5.91 Å². The van der Waals surface area contributed by atoms with Crippen molar-refractivity contribution < 1.29 is 9.53 Å². The molecule has 16 heavy (non-hydrogen) atoms. The van der Waals surface area contributed by atoms with Crippen LogP contribution in [0, 0.1) is 6.92 Å². The lowest BCUT2D eigenvalue weighted by Gasteiger charge is -2.36. The van der Waals surface area contributed by atoms with Gasteiger partial charge in [0.15, 0.2) is 0 Å². The van der Waals surface area contributed by atoms with Crippen molar-refractivity contribution in [1.29, 1.82) is 0 Å². The molecule has 0 saturated heterocycles. The molecule has 3 heteroatoms. The number of benzene rings is 1. The van der Waals surface area contributed by atoms with Crippen molar-refractivity contribution in [2.24, 2.45) is 0 Å². The van der Waals surface area contributed by atoms with E-state index >= 15 is 0 Å². The van der Waals surface area contributed by atoms with E-state index in [1.54, 1.807) is 7.11 Å². The van der Waals surface area contributed by atoms with Gasteiger partial charge in [0.05, 0.1) is 12.5 Å². The molecule has 1 heterocycles. The number of carbonyl (C=O) groups excluding carboxylic acids is 1. The Morgan fingerprint density at radius 2 is 2.12 bits per heavy atom. The Labute approximate surface area is 94.8 Å². The number of rotatable bonds is 1. The summed E-state index contributed by atoms with van der Waals surface area (Å²) in [4.78, 5) is 12.0. The fraction of sp³-hybridized carbons (Fsp3) is 0.462. The Hall–Kier alpha value is -1.51. The number of amides is 1. The summed E-state index contributed by atoms with van der Waals surface area (Å²) in [6, 6.07) is 3.98. The van der Waals surface area contributed by atoms with Crippen molar-refractivity contribution in [1.82, 2.24) is 0 Å². The first-order valence-electron chi connectivity index (χ1n) is 5.68. The Morgan fingerprint density at radius 1 is 1.38 bits per heavy atom. The van der Waals surface area contributed by atoms with Crippen molar-refractivity contribution >= 4 is 11.6 Å². The van der Waals surface area contributed by atoms with Crippen molar-refractivity contribution in [3.05, 3.63) is 23.3 Å². The fourth-order valence-electron chi connectivity index (χ4n) is 2.80. The van der Waals surface area contributed by atoms with Crippen LogP contribution in [-0.4, -0.2) is 13.0 Å².